The number of hydrogen-bond donors (Lipinski definition) is 2. The van der Waals surface area contributed by atoms with Gasteiger partial charge in [-0.3, -0.25) is 9.52 Å². The van der Waals surface area contributed by atoms with Crippen LogP contribution < -0.4 is 10.0 Å². The topological polar surface area (TPSA) is 75.3 Å². The van der Waals surface area contributed by atoms with Gasteiger partial charge in [0.25, 0.3) is 15.9 Å². The first kappa shape index (κ1) is 19.9. The lowest BCUT2D eigenvalue weighted by Crippen LogP contribution is -2.15. The highest BCUT2D eigenvalue weighted by Crippen LogP contribution is 2.25. The average molecular weight is 415 g/mol. The lowest BCUT2D eigenvalue weighted by molar-refractivity contribution is 0.102. The Labute approximate surface area is 169 Å². The second-order valence-electron chi connectivity index (χ2n) is 6.36. The fourth-order valence-corrected chi connectivity index (χ4v) is 4.12. The molecule has 0 saturated heterocycles. The lowest BCUT2D eigenvalue weighted by Gasteiger charge is -2.13. The molecule has 144 valence electrons. The van der Waals surface area contributed by atoms with Gasteiger partial charge in [-0.15, -0.1) is 0 Å². The number of halogens is 1. The number of aryl methyl sites for hydroxylation is 2. The molecule has 0 radical (unpaired) electrons. The third-order valence-corrected chi connectivity index (χ3v) is 5.82. The molecule has 0 aromatic heterocycles. The van der Waals surface area contributed by atoms with Crippen LogP contribution in [0, 0.1) is 13.8 Å². The van der Waals surface area contributed by atoms with Gasteiger partial charge in [0.15, 0.2) is 0 Å². The van der Waals surface area contributed by atoms with E-state index in [1.54, 1.807) is 62.4 Å². The predicted octanol–water partition coefficient (Wildman–Crippen LogP) is 5.01. The molecule has 7 heteroatoms. The summed E-state index contributed by atoms with van der Waals surface area (Å²) in [6.45, 7) is 3.52. The number of sulfonamides is 1. The van der Waals surface area contributed by atoms with Gasteiger partial charge >= 0.3 is 0 Å². The Bertz CT molecular complexity index is 1130. The highest BCUT2D eigenvalue weighted by molar-refractivity contribution is 7.92. The molecule has 3 rings (SSSR count). The van der Waals surface area contributed by atoms with Crippen molar-refractivity contribution in [2.24, 2.45) is 0 Å². The van der Waals surface area contributed by atoms with Crippen LogP contribution in [0.25, 0.3) is 0 Å². The minimum atomic E-state index is -3.77. The van der Waals surface area contributed by atoms with Gasteiger partial charge in [-0.1, -0.05) is 29.8 Å². The first-order valence-electron chi connectivity index (χ1n) is 8.52. The maximum absolute atomic E-state index is 12.7. The zero-order chi connectivity index (χ0) is 20.3. The van der Waals surface area contributed by atoms with E-state index in [1.807, 2.05) is 6.07 Å². The van der Waals surface area contributed by atoms with Crippen molar-refractivity contribution in [1.82, 2.24) is 0 Å². The Morgan fingerprint density at radius 1 is 0.857 bits per heavy atom. The van der Waals surface area contributed by atoms with Crippen LogP contribution in [0.3, 0.4) is 0 Å². The predicted molar refractivity (Wildman–Crippen MR) is 113 cm³/mol. The number of rotatable bonds is 5. The van der Waals surface area contributed by atoms with E-state index in [9.17, 15) is 13.2 Å². The van der Waals surface area contributed by atoms with Crippen molar-refractivity contribution < 1.29 is 13.2 Å². The van der Waals surface area contributed by atoms with Crippen LogP contribution in [0.15, 0.2) is 71.6 Å². The molecule has 0 unspecified atom stereocenters. The van der Waals surface area contributed by atoms with E-state index in [0.717, 1.165) is 5.56 Å². The standard InChI is InChI=1S/C21H19ClN2O3S/c1-14-12-17(22)8-10-20(14)24-28(26,27)18-9-11-19(15(2)13-18)23-21(25)16-6-4-3-5-7-16/h3-13,24H,1-2H3,(H,23,25). The first-order valence-corrected chi connectivity index (χ1v) is 10.4. The van der Waals surface area contributed by atoms with Crippen molar-refractivity contribution in [3.63, 3.8) is 0 Å². The summed E-state index contributed by atoms with van der Waals surface area (Å²) in [5, 5.41) is 3.34. The quantitative estimate of drug-likeness (QED) is 0.616. The van der Waals surface area contributed by atoms with Gasteiger partial charge < -0.3 is 5.32 Å². The lowest BCUT2D eigenvalue weighted by atomic mass is 10.1. The van der Waals surface area contributed by atoms with E-state index in [1.165, 1.54) is 12.1 Å². The molecule has 0 aliphatic heterocycles. The molecule has 0 heterocycles. The van der Waals surface area contributed by atoms with E-state index in [-0.39, 0.29) is 10.8 Å². The van der Waals surface area contributed by atoms with Crippen LogP contribution in [0.5, 0.6) is 0 Å². The van der Waals surface area contributed by atoms with Crippen LogP contribution in [0.4, 0.5) is 11.4 Å². The molecule has 2 N–H and O–H groups in total. The van der Waals surface area contributed by atoms with Crippen LogP contribution in [-0.4, -0.2) is 14.3 Å². The monoisotopic (exact) mass is 414 g/mol. The van der Waals surface area contributed by atoms with Crippen LogP contribution in [0.1, 0.15) is 21.5 Å². The Hall–Kier alpha value is -2.83. The Morgan fingerprint density at radius 2 is 1.50 bits per heavy atom. The Balaban J connectivity index is 1.82. The summed E-state index contributed by atoms with van der Waals surface area (Å²) in [5.41, 5.74) is 2.90. The van der Waals surface area contributed by atoms with Crippen LogP contribution >= 0.6 is 11.6 Å². The molecule has 28 heavy (non-hydrogen) atoms. The van der Waals surface area contributed by atoms with E-state index < -0.39 is 10.0 Å². The van der Waals surface area contributed by atoms with Gasteiger partial charge in [0.1, 0.15) is 0 Å². The number of nitrogens with one attached hydrogen (secondary N) is 2. The number of benzene rings is 3. The second-order valence-corrected chi connectivity index (χ2v) is 8.48. The van der Waals surface area contributed by atoms with E-state index in [2.05, 4.69) is 10.0 Å². The van der Waals surface area contributed by atoms with Crippen molar-refractivity contribution in [3.05, 3.63) is 88.4 Å². The summed E-state index contributed by atoms with van der Waals surface area (Å²) in [4.78, 5) is 12.4. The molecule has 3 aromatic carbocycles. The van der Waals surface area contributed by atoms with Crippen molar-refractivity contribution in [2.45, 2.75) is 18.7 Å². The van der Waals surface area contributed by atoms with Gasteiger partial charge in [-0.05, 0) is 73.5 Å². The molecular formula is C21H19ClN2O3S. The number of hydrogen-bond acceptors (Lipinski definition) is 3. The summed E-state index contributed by atoms with van der Waals surface area (Å²) in [7, 11) is -3.77. The molecule has 0 saturated carbocycles. The van der Waals surface area contributed by atoms with Gasteiger partial charge in [0.05, 0.1) is 10.6 Å². The molecule has 0 fully saturated rings. The van der Waals surface area contributed by atoms with Gasteiger partial charge in [-0.25, -0.2) is 8.42 Å². The molecular weight excluding hydrogens is 396 g/mol. The smallest absolute Gasteiger partial charge is 0.261 e. The molecule has 1 amide bonds. The Morgan fingerprint density at radius 3 is 2.14 bits per heavy atom. The second kappa shape index (κ2) is 8.04. The van der Waals surface area contributed by atoms with E-state index in [0.29, 0.717) is 27.5 Å². The summed E-state index contributed by atoms with van der Waals surface area (Å²) >= 11 is 5.92. The zero-order valence-corrected chi connectivity index (χ0v) is 16.9. The molecule has 0 spiro atoms. The third-order valence-electron chi connectivity index (χ3n) is 4.23. The highest BCUT2D eigenvalue weighted by Gasteiger charge is 2.17. The maximum Gasteiger partial charge on any atom is 0.261 e. The number of carbonyl (C=O) groups excluding carboxylic acids is 1. The molecule has 3 aromatic rings. The third kappa shape index (κ3) is 4.52. The summed E-state index contributed by atoms with van der Waals surface area (Å²) in [5.74, 6) is -0.255. The molecule has 5 nitrogen and oxygen atoms in total. The largest absolute Gasteiger partial charge is 0.322 e. The van der Waals surface area contributed by atoms with E-state index in [4.69, 9.17) is 11.6 Å². The van der Waals surface area contributed by atoms with Crippen molar-refractivity contribution >= 4 is 38.9 Å². The fourth-order valence-electron chi connectivity index (χ4n) is 2.67. The first-order chi connectivity index (χ1) is 13.3. The molecule has 0 bridgehead atoms. The van der Waals surface area contributed by atoms with Gasteiger partial charge in [0.2, 0.25) is 0 Å². The van der Waals surface area contributed by atoms with Gasteiger partial charge in [0, 0.05) is 16.3 Å². The van der Waals surface area contributed by atoms with Gasteiger partial charge in [-0.2, -0.15) is 0 Å². The van der Waals surface area contributed by atoms with Crippen molar-refractivity contribution in [2.75, 3.05) is 10.0 Å². The average Bonchev–Trinajstić information content (AvgIpc) is 2.66. The maximum atomic E-state index is 12.7. The Kier molecular flexibility index (Phi) is 5.72. The van der Waals surface area contributed by atoms with Crippen molar-refractivity contribution in [1.29, 1.82) is 0 Å². The van der Waals surface area contributed by atoms with Crippen LogP contribution in [0.2, 0.25) is 5.02 Å². The van der Waals surface area contributed by atoms with Crippen molar-refractivity contribution in [3.8, 4) is 0 Å². The number of carbonyl (C=O) groups is 1. The minimum absolute atomic E-state index is 0.108. The number of amides is 1. The molecule has 0 aliphatic rings. The molecule has 0 aliphatic carbocycles. The molecule has 0 atom stereocenters. The highest BCUT2D eigenvalue weighted by atomic mass is 35.5. The zero-order valence-electron chi connectivity index (χ0n) is 15.4. The fraction of sp³-hybridized carbons (Fsp3) is 0.0952. The SMILES string of the molecule is Cc1cc(S(=O)(=O)Nc2ccc(Cl)cc2C)ccc1NC(=O)c1ccccc1. The van der Waals surface area contributed by atoms with E-state index >= 15 is 0 Å². The van der Waals surface area contributed by atoms with Crippen LogP contribution in [-0.2, 0) is 10.0 Å². The summed E-state index contributed by atoms with van der Waals surface area (Å²) < 4.78 is 28.0. The summed E-state index contributed by atoms with van der Waals surface area (Å²) in [6.07, 6.45) is 0. The summed E-state index contributed by atoms with van der Waals surface area (Å²) in [6, 6.07) is 18.3. The number of anilines is 2. The minimum Gasteiger partial charge on any atom is -0.322 e. The normalized spacial score (nSPS) is 11.1.